The highest BCUT2D eigenvalue weighted by Crippen LogP contribution is 2.12. The van der Waals surface area contributed by atoms with E-state index in [0.717, 1.165) is 17.8 Å². The molecule has 1 atom stereocenters. The molecule has 6 heteroatoms. The van der Waals surface area contributed by atoms with Crippen molar-refractivity contribution < 1.29 is 4.79 Å². The lowest BCUT2D eigenvalue weighted by Crippen LogP contribution is -2.34. The monoisotopic (exact) mass is 307 g/mol. The van der Waals surface area contributed by atoms with Crippen LogP contribution in [-0.2, 0) is 11.3 Å². The second-order valence-electron chi connectivity index (χ2n) is 4.44. The summed E-state index contributed by atoms with van der Waals surface area (Å²) in [4.78, 5) is 13.7. The van der Waals surface area contributed by atoms with Crippen LogP contribution in [0.1, 0.15) is 18.9 Å². The van der Waals surface area contributed by atoms with Crippen molar-refractivity contribution in [1.29, 1.82) is 0 Å². The zero-order chi connectivity index (χ0) is 12.8. The molecule has 1 aromatic rings. The van der Waals surface area contributed by atoms with Crippen LogP contribution < -0.4 is 11.1 Å². The standard InChI is InChI=1S/C13H21N3O.2ClH/c1-4-12(14)13(17)15-11-7-5-6-10(8-11)9-16(2)3;;/h5-8,12H,4,9,14H2,1-3H3,(H,15,17);2*1H/t12-;;/m0../s1. The molecule has 0 aliphatic carbocycles. The number of benzene rings is 1. The van der Waals surface area contributed by atoms with Gasteiger partial charge in [0.25, 0.3) is 0 Å². The third-order valence-corrected chi connectivity index (χ3v) is 2.47. The maximum atomic E-state index is 11.6. The minimum Gasteiger partial charge on any atom is -0.325 e. The first-order valence-corrected chi connectivity index (χ1v) is 5.83. The lowest BCUT2D eigenvalue weighted by Gasteiger charge is -2.13. The van der Waals surface area contributed by atoms with Crippen LogP contribution >= 0.6 is 24.8 Å². The normalized spacial score (nSPS) is 11.2. The molecule has 0 saturated heterocycles. The number of halogens is 2. The highest BCUT2D eigenvalue weighted by molar-refractivity contribution is 5.94. The molecule has 3 N–H and O–H groups in total. The number of hydrogen-bond donors (Lipinski definition) is 2. The zero-order valence-corrected chi connectivity index (χ0v) is 13.2. The van der Waals surface area contributed by atoms with Gasteiger partial charge in [0, 0.05) is 12.2 Å². The van der Waals surface area contributed by atoms with Gasteiger partial charge in [0.05, 0.1) is 6.04 Å². The van der Waals surface area contributed by atoms with Crippen molar-refractivity contribution in [3.8, 4) is 0 Å². The van der Waals surface area contributed by atoms with Gasteiger partial charge >= 0.3 is 0 Å². The van der Waals surface area contributed by atoms with E-state index >= 15 is 0 Å². The molecule has 0 saturated carbocycles. The Hall–Kier alpha value is -0.810. The number of nitrogens with one attached hydrogen (secondary N) is 1. The van der Waals surface area contributed by atoms with Gasteiger partial charge in [0.2, 0.25) is 5.91 Å². The summed E-state index contributed by atoms with van der Waals surface area (Å²) in [7, 11) is 4.02. The minimum atomic E-state index is -0.437. The number of amides is 1. The number of nitrogens with zero attached hydrogens (tertiary/aromatic N) is 1. The summed E-state index contributed by atoms with van der Waals surface area (Å²) in [5.74, 6) is -0.130. The number of nitrogens with two attached hydrogens (primary N) is 1. The molecule has 0 spiro atoms. The Morgan fingerprint density at radius 2 is 2.00 bits per heavy atom. The van der Waals surface area contributed by atoms with Crippen LogP contribution in [0.15, 0.2) is 24.3 Å². The van der Waals surface area contributed by atoms with E-state index < -0.39 is 6.04 Å². The molecule has 19 heavy (non-hydrogen) atoms. The van der Waals surface area contributed by atoms with E-state index in [1.54, 1.807) is 0 Å². The number of hydrogen-bond acceptors (Lipinski definition) is 3. The molecule has 0 aliphatic heterocycles. The Balaban J connectivity index is 0. The zero-order valence-electron chi connectivity index (χ0n) is 11.6. The van der Waals surface area contributed by atoms with Gasteiger partial charge in [-0.25, -0.2) is 0 Å². The average Bonchev–Trinajstić information content (AvgIpc) is 2.27. The van der Waals surface area contributed by atoms with Crippen LogP contribution in [0.4, 0.5) is 5.69 Å². The van der Waals surface area contributed by atoms with Crippen LogP contribution in [0.3, 0.4) is 0 Å². The third kappa shape index (κ3) is 7.38. The van der Waals surface area contributed by atoms with Crippen molar-refractivity contribution in [2.24, 2.45) is 5.73 Å². The fourth-order valence-corrected chi connectivity index (χ4v) is 1.53. The largest absolute Gasteiger partial charge is 0.325 e. The first-order chi connectivity index (χ1) is 8.02. The van der Waals surface area contributed by atoms with Gasteiger partial charge < -0.3 is 16.0 Å². The first-order valence-electron chi connectivity index (χ1n) is 5.83. The van der Waals surface area contributed by atoms with E-state index in [4.69, 9.17) is 5.73 Å². The molecule has 0 aliphatic rings. The van der Waals surface area contributed by atoms with E-state index in [9.17, 15) is 4.79 Å². The van der Waals surface area contributed by atoms with Crippen molar-refractivity contribution in [2.75, 3.05) is 19.4 Å². The number of anilines is 1. The van der Waals surface area contributed by atoms with Crippen LogP contribution in [0.2, 0.25) is 0 Å². The summed E-state index contributed by atoms with van der Waals surface area (Å²) >= 11 is 0. The van der Waals surface area contributed by atoms with Gasteiger partial charge in [0.1, 0.15) is 0 Å². The number of carbonyl (C=O) groups excluding carboxylic acids is 1. The molecule has 4 nitrogen and oxygen atoms in total. The highest BCUT2D eigenvalue weighted by Gasteiger charge is 2.10. The molecular weight excluding hydrogens is 285 g/mol. The van der Waals surface area contributed by atoms with E-state index in [1.807, 2.05) is 45.3 Å². The number of rotatable bonds is 5. The van der Waals surface area contributed by atoms with Gasteiger partial charge in [0.15, 0.2) is 0 Å². The van der Waals surface area contributed by atoms with E-state index in [2.05, 4.69) is 10.2 Å². The van der Waals surface area contributed by atoms with Crippen LogP contribution in [0.5, 0.6) is 0 Å². The summed E-state index contributed by atoms with van der Waals surface area (Å²) < 4.78 is 0. The van der Waals surface area contributed by atoms with Gasteiger partial charge in [-0.15, -0.1) is 24.8 Å². The minimum absolute atomic E-state index is 0. The van der Waals surface area contributed by atoms with Crippen molar-refractivity contribution >= 4 is 36.4 Å². The van der Waals surface area contributed by atoms with E-state index in [1.165, 1.54) is 0 Å². The van der Waals surface area contributed by atoms with Crippen molar-refractivity contribution in [3.63, 3.8) is 0 Å². The fraction of sp³-hybridized carbons (Fsp3) is 0.462. The van der Waals surface area contributed by atoms with Gasteiger partial charge in [-0.05, 0) is 38.2 Å². The fourth-order valence-electron chi connectivity index (χ4n) is 1.53. The summed E-state index contributed by atoms with van der Waals surface area (Å²) in [6, 6.07) is 7.38. The Morgan fingerprint density at radius 1 is 1.37 bits per heavy atom. The predicted octanol–water partition coefficient (Wildman–Crippen LogP) is 2.27. The Labute approximate surface area is 127 Å². The lowest BCUT2D eigenvalue weighted by molar-refractivity contribution is -0.117. The molecule has 0 bridgehead atoms. The van der Waals surface area contributed by atoms with Gasteiger partial charge in [-0.2, -0.15) is 0 Å². The van der Waals surface area contributed by atoms with Gasteiger partial charge in [-0.1, -0.05) is 19.1 Å². The maximum absolute atomic E-state index is 11.6. The molecule has 1 amide bonds. The van der Waals surface area contributed by atoms with Crippen LogP contribution in [0, 0.1) is 0 Å². The van der Waals surface area contributed by atoms with Crippen molar-refractivity contribution in [2.45, 2.75) is 25.9 Å². The van der Waals surface area contributed by atoms with Gasteiger partial charge in [-0.3, -0.25) is 4.79 Å². The Bertz CT molecular complexity index is 386. The van der Waals surface area contributed by atoms with Crippen molar-refractivity contribution in [1.82, 2.24) is 4.90 Å². The number of carbonyl (C=O) groups is 1. The SMILES string of the molecule is CC[C@H](N)C(=O)Nc1cccc(CN(C)C)c1.Cl.Cl. The summed E-state index contributed by atoms with van der Waals surface area (Å²) in [6.45, 7) is 2.75. The van der Waals surface area contributed by atoms with Crippen LogP contribution in [-0.4, -0.2) is 30.9 Å². The summed E-state index contributed by atoms with van der Waals surface area (Å²) in [5.41, 5.74) is 7.63. The second-order valence-corrected chi connectivity index (χ2v) is 4.44. The van der Waals surface area contributed by atoms with E-state index in [0.29, 0.717) is 6.42 Å². The highest BCUT2D eigenvalue weighted by atomic mass is 35.5. The predicted molar refractivity (Wildman–Crippen MR) is 85.2 cm³/mol. The summed E-state index contributed by atoms with van der Waals surface area (Å²) in [6.07, 6.45) is 0.642. The molecule has 110 valence electrons. The lowest BCUT2D eigenvalue weighted by atomic mass is 10.1. The second kappa shape index (κ2) is 10.0. The topological polar surface area (TPSA) is 58.4 Å². The van der Waals surface area contributed by atoms with E-state index in [-0.39, 0.29) is 30.7 Å². The molecule has 0 radical (unpaired) electrons. The first kappa shape index (κ1) is 20.5. The molecule has 0 heterocycles. The van der Waals surface area contributed by atoms with Crippen LogP contribution in [0.25, 0.3) is 0 Å². The summed E-state index contributed by atoms with van der Waals surface area (Å²) in [5, 5.41) is 2.82. The molecule has 0 aromatic heterocycles. The maximum Gasteiger partial charge on any atom is 0.241 e. The average molecular weight is 308 g/mol. The molecular formula is C13H23Cl2N3O. The smallest absolute Gasteiger partial charge is 0.241 e. The third-order valence-electron chi connectivity index (χ3n) is 2.47. The quantitative estimate of drug-likeness (QED) is 0.877. The Kier molecular flexibility index (Phi) is 10.8. The molecule has 1 rings (SSSR count). The molecule has 0 unspecified atom stereocenters. The molecule has 1 aromatic carbocycles. The Morgan fingerprint density at radius 3 is 2.53 bits per heavy atom. The molecule has 0 fully saturated rings. The van der Waals surface area contributed by atoms with Crippen molar-refractivity contribution in [3.05, 3.63) is 29.8 Å².